The van der Waals surface area contributed by atoms with Crippen LogP contribution in [0.4, 0.5) is 10.7 Å². The normalized spacial score (nSPS) is 11.0. The van der Waals surface area contributed by atoms with E-state index >= 15 is 0 Å². The molecule has 0 aliphatic rings. The summed E-state index contributed by atoms with van der Waals surface area (Å²) < 4.78 is 41.7. The molecule has 0 saturated heterocycles. The molecular formula is C17H18N4O7S. The number of methoxy groups -OCH3 is 2. The topological polar surface area (TPSA) is 146 Å². The molecule has 154 valence electrons. The molecule has 0 unspecified atom stereocenters. The van der Waals surface area contributed by atoms with Crippen molar-refractivity contribution in [3.8, 4) is 11.8 Å². The van der Waals surface area contributed by atoms with Crippen molar-refractivity contribution in [1.29, 1.82) is 0 Å². The van der Waals surface area contributed by atoms with Crippen LogP contribution in [0.5, 0.6) is 11.8 Å². The van der Waals surface area contributed by atoms with Crippen molar-refractivity contribution in [2.24, 2.45) is 0 Å². The summed E-state index contributed by atoms with van der Waals surface area (Å²) in [6, 6.07) is 5.49. The fourth-order valence-corrected chi connectivity index (χ4v) is 3.14. The molecule has 1 aromatic heterocycles. The molecule has 1 aromatic carbocycles. The molecule has 0 bridgehead atoms. The number of carbonyl (C=O) groups is 2. The highest BCUT2D eigenvalue weighted by atomic mass is 32.2. The van der Waals surface area contributed by atoms with Crippen LogP contribution in [-0.4, -0.2) is 44.6 Å². The van der Waals surface area contributed by atoms with Crippen molar-refractivity contribution in [1.82, 2.24) is 14.7 Å². The van der Waals surface area contributed by atoms with Crippen molar-refractivity contribution in [3.05, 3.63) is 48.2 Å². The highest BCUT2D eigenvalue weighted by molar-refractivity contribution is 7.90. The van der Waals surface area contributed by atoms with Gasteiger partial charge in [0.1, 0.15) is 4.90 Å². The summed E-state index contributed by atoms with van der Waals surface area (Å²) in [5, 5.41) is 2.16. The van der Waals surface area contributed by atoms with Crippen molar-refractivity contribution >= 4 is 28.0 Å². The van der Waals surface area contributed by atoms with Crippen molar-refractivity contribution in [3.63, 3.8) is 0 Å². The van der Waals surface area contributed by atoms with E-state index in [1.165, 1.54) is 44.6 Å². The standard InChI is InChI=1S/C17H18N4O7S/c1-4-9-28-15(22)11-7-5-6-8-12(11)29(24,25)21-17(23)20-16-18-13(26-2)10-14(19-16)27-3/h4-10H,1-3H3,(H2,18,19,20,21,23). The number of nitrogens with zero attached hydrogens (tertiary/aromatic N) is 2. The van der Waals surface area contributed by atoms with Gasteiger partial charge in [-0.25, -0.2) is 22.7 Å². The fourth-order valence-electron chi connectivity index (χ4n) is 2.04. The lowest BCUT2D eigenvalue weighted by Crippen LogP contribution is -2.35. The van der Waals surface area contributed by atoms with Crippen LogP contribution in [-0.2, 0) is 14.8 Å². The SMILES string of the molecule is CC=COC(=O)c1ccccc1S(=O)(=O)NC(=O)Nc1nc(OC)cc(OC)n1. The maximum atomic E-state index is 12.6. The number of esters is 1. The number of allylic oxidation sites excluding steroid dienone is 1. The number of urea groups is 1. The Morgan fingerprint density at radius 3 is 2.28 bits per heavy atom. The number of carbonyl (C=O) groups excluding carboxylic acids is 2. The van der Waals surface area contributed by atoms with Gasteiger partial charge in [0.25, 0.3) is 10.0 Å². The molecule has 2 aromatic rings. The van der Waals surface area contributed by atoms with Crippen LogP contribution in [0.15, 0.2) is 47.6 Å². The quantitative estimate of drug-likeness (QED) is 0.503. The third-order valence-corrected chi connectivity index (χ3v) is 4.65. The molecule has 2 N–H and O–H groups in total. The molecule has 0 fully saturated rings. The maximum Gasteiger partial charge on any atom is 0.344 e. The lowest BCUT2D eigenvalue weighted by molar-refractivity contribution is 0.0658. The van der Waals surface area contributed by atoms with E-state index < -0.39 is 26.9 Å². The number of benzene rings is 1. The molecule has 2 amide bonds. The van der Waals surface area contributed by atoms with Gasteiger partial charge < -0.3 is 14.2 Å². The van der Waals surface area contributed by atoms with Gasteiger partial charge in [0.05, 0.1) is 32.1 Å². The van der Waals surface area contributed by atoms with Gasteiger partial charge in [0.2, 0.25) is 17.7 Å². The zero-order valence-corrected chi connectivity index (χ0v) is 16.5. The number of rotatable bonds is 7. The summed E-state index contributed by atoms with van der Waals surface area (Å²) in [6.07, 6.45) is 2.57. The summed E-state index contributed by atoms with van der Waals surface area (Å²) in [5.74, 6) is -0.973. The molecular weight excluding hydrogens is 404 g/mol. The fraction of sp³-hybridized carbons (Fsp3) is 0.176. The second-order valence-electron chi connectivity index (χ2n) is 5.21. The van der Waals surface area contributed by atoms with Crippen LogP contribution in [0.2, 0.25) is 0 Å². The van der Waals surface area contributed by atoms with Crippen LogP contribution in [0.3, 0.4) is 0 Å². The van der Waals surface area contributed by atoms with E-state index in [2.05, 4.69) is 15.3 Å². The van der Waals surface area contributed by atoms with Gasteiger partial charge in [-0.1, -0.05) is 18.2 Å². The number of hydrogen-bond acceptors (Lipinski definition) is 9. The highest BCUT2D eigenvalue weighted by Gasteiger charge is 2.25. The highest BCUT2D eigenvalue weighted by Crippen LogP contribution is 2.19. The minimum atomic E-state index is -4.42. The summed E-state index contributed by atoms with van der Waals surface area (Å²) in [4.78, 5) is 31.5. The number of hydrogen-bond donors (Lipinski definition) is 2. The first-order chi connectivity index (χ1) is 13.8. The van der Waals surface area contributed by atoms with Gasteiger partial charge in [0, 0.05) is 0 Å². The first-order valence-corrected chi connectivity index (χ1v) is 9.51. The van der Waals surface area contributed by atoms with Gasteiger partial charge in [-0.15, -0.1) is 0 Å². The molecule has 12 heteroatoms. The number of aromatic nitrogens is 2. The molecule has 0 aliphatic heterocycles. The maximum absolute atomic E-state index is 12.6. The zero-order valence-electron chi connectivity index (χ0n) is 15.7. The van der Waals surface area contributed by atoms with E-state index in [9.17, 15) is 18.0 Å². The summed E-state index contributed by atoms with van der Waals surface area (Å²) >= 11 is 0. The second kappa shape index (κ2) is 9.50. The first-order valence-electron chi connectivity index (χ1n) is 8.02. The first kappa shape index (κ1) is 21.6. The predicted octanol–water partition coefficient (Wildman–Crippen LogP) is 1.69. The van der Waals surface area contributed by atoms with Gasteiger partial charge in [0.15, 0.2) is 0 Å². The predicted molar refractivity (Wildman–Crippen MR) is 101 cm³/mol. The minimum absolute atomic E-state index is 0.0899. The van der Waals surface area contributed by atoms with Crippen LogP contribution in [0, 0.1) is 0 Å². The monoisotopic (exact) mass is 422 g/mol. The van der Waals surface area contributed by atoms with Gasteiger partial charge in [-0.2, -0.15) is 9.97 Å². The second-order valence-corrected chi connectivity index (χ2v) is 6.86. The third-order valence-electron chi connectivity index (χ3n) is 3.26. The van der Waals surface area contributed by atoms with E-state index in [0.717, 1.165) is 12.3 Å². The Hall–Kier alpha value is -3.67. The number of sulfonamides is 1. The molecule has 11 nitrogen and oxygen atoms in total. The Kier molecular flexibility index (Phi) is 7.09. The number of ether oxygens (including phenoxy) is 3. The van der Waals surface area contributed by atoms with Crippen LogP contribution in [0.1, 0.15) is 17.3 Å². The lowest BCUT2D eigenvalue weighted by Gasteiger charge is -2.11. The smallest absolute Gasteiger partial charge is 0.344 e. The number of anilines is 1. The summed E-state index contributed by atoms with van der Waals surface area (Å²) in [5.41, 5.74) is -0.245. The number of nitrogens with one attached hydrogen (secondary N) is 2. The minimum Gasteiger partial charge on any atom is -0.481 e. The Bertz CT molecular complexity index is 1020. The lowest BCUT2D eigenvalue weighted by atomic mass is 10.2. The number of amides is 2. The zero-order chi connectivity index (χ0) is 21.4. The van der Waals surface area contributed by atoms with Crippen molar-refractivity contribution in [2.45, 2.75) is 11.8 Å². The molecule has 0 atom stereocenters. The molecule has 1 heterocycles. The Labute approximate surface area is 166 Å². The Morgan fingerprint density at radius 2 is 1.69 bits per heavy atom. The van der Waals surface area contributed by atoms with Gasteiger partial charge in [-0.3, -0.25) is 5.32 Å². The largest absolute Gasteiger partial charge is 0.481 e. The van der Waals surface area contributed by atoms with Crippen LogP contribution in [0.25, 0.3) is 0 Å². The molecule has 0 spiro atoms. The van der Waals surface area contributed by atoms with E-state index in [1.54, 1.807) is 11.6 Å². The molecule has 0 radical (unpaired) electrons. The van der Waals surface area contributed by atoms with Crippen LogP contribution < -0.4 is 19.5 Å². The van der Waals surface area contributed by atoms with E-state index in [1.807, 2.05) is 0 Å². The average Bonchev–Trinajstić information content (AvgIpc) is 2.71. The van der Waals surface area contributed by atoms with Crippen molar-refractivity contribution in [2.75, 3.05) is 19.5 Å². The van der Waals surface area contributed by atoms with E-state index in [0.29, 0.717) is 0 Å². The Morgan fingerprint density at radius 1 is 1.07 bits per heavy atom. The summed E-state index contributed by atoms with van der Waals surface area (Å²) in [7, 11) is -1.72. The van der Waals surface area contributed by atoms with Crippen LogP contribution >= 0.6 is 0 Å². The molecule has 0 aliphatic carbocycles. The Balaban J connectivity index is 2.24. The molecule has 2 rings (SSSR count). The third kappa shape index (κ3) is 5.65. The average molecular weight is 422 g/mol. The molecule has 0 saturated carbocycles. The molecule has 29 heavy (non-hydrogen) atoms. The van der Waals surface area contributed by atoms with Crippen molar-refractivity contribution < 1.29 is 32.2 Å². The van der Waals surface area contributed by atoms with Gasteiger partial charge in [-0.05, 0) is 19.1 Å². The van der Waals surface area contributed by atoms with Gasteiger partial charge >= 0.3 is 12.0 Å². The summed E-state index contributed by atoms with van der Waals surface area (Å²) in [6.45, 7) is 1.62. The van der Waals surface area contributed by atoms with E-state index in [-0.39, 0.29) is 23.3 Å². The van der Waals surface area contributed by atoms with E-state index in [4.69, 9.17) is 14.2 Å².